The van der Waals surface area contributed by atoms with E-state index in [1.807, 2.05) is 66.9 Å². The van der Waals surface area contributed by atoms with Gasteiger partial charge < -0.3 is 19.5 Å². The molecule has 6 heteroatoms. The molecule has 5 nitrogen and oxygen atoms in total. The fraction of sp³-hybridized carbons (Fsp3) is 0.190. The van der Waals surface area contributed by atoms with Crippen LogP contribution in [0.15, 0.2) is 60.0 Å². The molecule has 138 valence electrons. The highest BCUT2D eigenvalue weighted by Crippen LogP contribution is 2.35. The zero-order valence-electron chi connectivity index (χ0n) is 14.8. The Morgan fingerprint density at radius 3 is 2.81 bits per heavy atom. The molecule has 1 aliphatic heterocycles. The average Bonchev–Trinajstić information content (AvgIpc) is 3.36. The van der Waals surface area contributed by atoms with E-state index in [1.165, 1.54) is 11.3 Å². The number of rotatable bonds is 6. The molecule has 0 saturated carbocycles. The summed E-state index contributed by atoms with van der Waals surface area (Å²) < 4.78 is 16.4. The van der Waals surface area contributed by atoms with Crippen LogP contribution in [0.25, 0.3) is 0 Å². The van der Waals surface area contributed by atoms with Gasteiger partial charge in [0.25, 0.3) is 5.91 Å². The van der Waals surface area contributed by atoms with Crippen molar-refractivity contribution in [2.45, 2.75) is 19.6 Å². The lowest BCUT2D eigenvalue weighted by Crippen LogP contribution is -2.25. The van der Waals surface area contributed by atoms with Gasteiger partial charge in [0.1, 0.15) is 12.4 Å². The van der Waals surface area contributed by atoms with E-state index in [0.717, 1.165) is 16.9 Å². The van der Waals surface area contributed by atoms with Gasteiger partial charge in [0.15, 0.2) is 11.5 Å². The molecule has 0 spiro atoms. The zero-order valence-corrected chi connectivity index (χ0v) is 15.6. The molecule has 2 heterocycles. The van der Waals surface area contributed by atoms with E-state index in [0.29, 0.717) is 23.0 Å². The zero-order chi connectivity index (χ0) is 18.6. The molecule has 0 saturated heterocycles. The van der Waals surface area contributed by atoms with E-state index in [-0.39, 0.29) is 18.7 Å². The van der Waals surface area contributed by atoms with Crippen LogP contribution in [0.3, 0.4) is 0 Å². The molecule has 27 heavy (non-hydrogen) atoms. The standard InChI is InChI=1S/C21H19NO4S/c1-14(16-5-3-2-4-6-16)22-21(23)20-9-15(12-27-20)11-24-17-7-8-18-19(10-17)26-13-25-18/h2-10,12,14H,11,13H2,1H3,(H,22,23). The Kier molecular flexibility index (Phi) is 4.98. The van der Waals surface area contributed by atoms with Gasteiger partial charge in [-0.05, 0) is 36.1 Å². The lowest BCUT2D eigenvalue weighted by molar-refractivity contribution is 0.0944. The molecule has 1 N–H and O–H groups in total. The first kappa shape index (κ1) is 17.4. The summed E-state index contributed by atoms with van der Waals surface area (Å²) >= 11 is 1.41. The highest BCUT2D eigenvalue weighted by Gasteiger charge is 2.15. The maximum absolute atomic E-state index is 12.5. The van der Waals surface area contributed by atoms with E-state index in [9.17, 15) is 4.79 Å². The first-order valence-corrected chi connectivity index (χ1v) is 9.52. The molecular formula is C21H19NO4S. The second-order valence-corrected chi connectivity index (χ2v) is 7.14. The molecular weight excluding hydrogens is 362 g/mol. The number of hydrogen-bond acceptors (Lipinski definition) is 5. The summed E-state index contributed by atoms with van der Waals surface area (Å²) in [6.45, 7) is 2.60. The van der Waals surface area contributed by atoms with Crippen LogP contribution in [0.5, 0.6) is 17.2 Å². The van der Waals surface area contributed by atoms with Gasteiger partial charge in [-0.25, -0.2) is 0 Å². The lowest BCUT2D eigenvalue weighted by Gasteiger charge is -2.13. The lowest BCUT2D eigenvalue weighted by atomic mass is 10.1. The number of nitrogens with one attached hydrogen (secondary N) is 1. The molecule has 3 aromatic rings. The largest absolute Gasteiger partial charge is 0.489 e. The molecule has 1 aromatic heterocycles. The predicted molar refractivity (Wildman–Crippen MR) is 104 cm³/mol. The summed E-state index contributed by atoms with van der Waals surface area (Å²) in [5, 5.41) is 4.97. The number of fused-ring (bicyclic) bond motifs is 1. The van der Waals surface area contributed by atoms with Crippen LogP contribution in [0.1, 0.15) is 33.8 Å². The summed E-state index contributed by atoms with van der Waals surface area (Å²) in [5.74, 6) is 2.04. The van der Waals surface area contributed by atoms with Crippen LogP contribution in [0, 0.1) is 0 Å². The smallest absolute Gasteiger partial charge is 0.261 e. The molecule has 1 unspecified atom stereocenters. The summed E-state index contributed by atoms with van der Waals surface area (Å²) in [6, 6.07) is 17.2. The van der Waals surface area contributed by atoms with Gasteiger partial charge >= 0.3 is 0 Å². The van der Waals surface area contributed by atoms with E-state index in [4.69, 9.17) is 14.2 Å². The highest BCUT2D eigenvalue weighted by atomic mass is 32.1. The number of carbonyl (C=O) groups excluding carboxylic acids is 1. The Morgan fingerprint density at radius 1 is 1.15 bits per heavy atom. The van der Waals surface area contributed by atoms with E-state index in [2.05, 4.69) is 5.32 Å². The normalized spacial score (nSPS) is 13.2. The van der Waals surface area contributed by atoms with Gasteiger partial charge in [-0.2, -0.15) is 0 Å². The minimum Gasteiger partial charge on any atom is -0.489 e. The number of amides is 1. The highest BCUT2D eigenvalue weighted by molar-refractivity contribution is 7.12. The van der Waals surface area contributed by atoms with Gasteiger partial charge in [0.05, 0.1) is 10.9 Å². The van der Waals surface area contributed by atoms with Crippen LogP contribution in [0.4, 0.5) is 0 Å². The molecule has 0 aliphatic carbocycles. The molecule has 1 aliphatic rings. The van der Waals surface area contributed by atoms with Gasteiger partial charge in [0, 0.05) is 11.6 Å². The summed E-state index contributed by atoms with van der Waals surface area (Å²) in [5.41, 5.74) is 2.03. The van der Waals surface area contributed by atoms with Crippen LogP contribution < -0.4 is 19.5 Å². The number of hydrogen-bond donors (Lipinski definition) is 1. The summed E-state index contributed by atoms with van der Waals surface area (Å²) in [4.78, 5) is 13.1. The van der Waals surface area contributed by atoms with E-state index in [1.54, 1.807) is 0 Å². The quantitative estimate of drug-likeness (QED) is 0.681. The van der Waals surface area contributed by atoms with Crippen molar-refractivity contribution in [3.8, 4) is 17.2 Å². The average molecular weight is 381 g/mol. The minimum atomic E-state index is -0.0781. The van der Waals surface area contributed by atoms with Crippen LogP contribution in [0.2, 0.25) is 0 Å². The van der Waals surface area contributed by atoms with Crippen molar-refractivity contribution in [1.29, 1.82) is 0 Å². The second-order valence-electron chi connectivity index (χ2n) is 6.23. The summed E-state index contributed by atoms with van der Waals surface area (Å²) in [7, 11) is 0. The maximum atomic E-state index is 12.5. The van der Waals surface area contributed by atoms with Gasteiger partial charge in [-0.15, -0.1) is 11.3 Å². The van der Waals surface area contributed by atoms with Crippen molar-refractivity contribution < 1.29 is 19.0 Å². The Balaban J connectivity index is 1.34. The van der Waals surface area contributed by atoms with Crippen molar-refractivity contribution in [2.24, 2.45) is 0 Å². The third kappa shape index (κ3) is 4.06. The van der Waals surface area contributed by atoms with Crippen molar-refractivity contribution in [2.75, 3.05) is 6.79 Å². The minimum absolute atomic E-state index is 0.0471. The number of thiophene rings is 1. The van der Waals surface area contributed by atoms with Crippen LogP contribution >= 0.6 is 11.3 Å². The maximum Gasteiger partial charge on any atom is 0.261 e. The number of carbonyl (C=O) groups is 1. The van der Waals surface area contributed by atoms with Crippen LogP contribution in [-0.4, -0.2) is 12.7 Å². The Labute approximate surface area is 161 Å². The second kappa shape index (κ2) is 7.72. The molecule has 0 fully saturated rings. The number of benzene rings is 2. The topological polar surface area (TPSA) is 56.8 Å². The predicted octanol–water partition coefficient (Wildman–Crippen LogP) is 4.55. The van der Waals surface area contributed by atoms with Crippen molar-refractivity contribution in [3.05, 3.63) is 76.0 Å². The van der Waals surface area contributed by atoms with Crippen LogP contribution in [-0.2, 0) is 6.61 Å². The molecule has 0 bridgehead atoms. The molecule has 1 atom stereocenters. The van der Waals surface area contributed by atoms with Crippen molar-refractivity contribution in [3.63, 3.8) is 0 Å². The number of ether oxygens (including phenoxy) is 3. The third-order valence-corrected chi connectivity index (χ3v) is 5.25. The molecule has 4 rings (SSSR count). The Hall–Kier alpha value is -2.99. The summed E-state index contributed by atoms with van der Waals surface area (Å²) in [6.07, 6.45) is 0. The van der Waals surface area contributed by atoms with Gasteiger partial charge in [-0.1, -0.05) is 30.3 Å². The van der Waals surface area contributed by atoms with E-state index >= 15 is 0 Å². The fourth-order valence-electron chi connectivity index (χ4n) is 2.80. The Morgan fingerprint density at radius 2 is 1.96 bits per heavy atom. The first-order chi connectivity index (χ1) is 13.2. The Bertz CT molecular complexity index is 938. The fourth-order valence-corrected chi connectivity index (χ4v) is 3.60. The van der Waals surface area contributed by atoms with Gasteiger partial charge in [0.2, 0.25) is 6.79 Å². The van der Waals surface area contributed by atoms with Gasteiger partial charge in [-0.3, -0.25) is 4.79 Å². The third-order valence-electron chi connectivity index (χ3n) is 4.27. The molecule has 2 aromatic carbocycles. The van der Waals surface area contributed by atoms with Crippen molar-refractivity contribution in [1.82, 2.24) is 5.32 Å². The molecule has 0 radical (unpaired) electrons. The monoisotopic (exact) mass is 381 g/mol. The SMILES string of the molecule is CC(NC(=O)c1cc(COc2ccc3c(c2)OCO3)cs1)c1ccccc1. The first-order valence-electron chi connectivity index (χ1n) is 8.65. The van der Waals surface area contributed by atoms with E-state index < -0.39 is 0 Å². The van der Waals surface area contributed by atoms with Crippen molar-refractivity contribution >= 4 is 17.2 Å². The molecule has 1 amide bonds.